The summed E-state index contributed by atoms with van der Waals surface area (Å²) in [4.78, 5) is 0. The molecule has 0 aromatic heterocycles. The highest BCUT2D eigenvalue weighted by Gasteiger charge is 2.67. The third-order valence-corrected chi connectivity index (χ3v) is 5.96. The quantitative estimate of drug-likeness (QED) is 0.620. The molecule has 2 saturated carbocycles. The first-order valence-electron chi connectivity index (χ1n) is 6.77. The minimum Gasteiger partial charge on any atom is -0.392 e. The molecule has 2 fully saturated rings. The molecule has 3 aliphatic rings. The molecule has 3 rings (SSSR count). The lowest BCUT2D eigenvalue weighted by Crippen LogP contribution is -2.44. The first kappa shape index (κ1) is 10.8. The smallest absolute Gasteiger partial charge is 0.0661 e. The number of hydrogen-bond acceptors (Lipinski definition) is 1. The molecule has 1 heteroatoms. The summed E-state index contributed by atoms with van der Waals surface area (Å²) < 4.78 is 0. The fraction of sp³-hybridized carbons (Fsp3) is 0.867. The number of rotatable bonds is 0. The maximum absolute atomic E-state index is 10.8. The van der Waals surface area contributed by atoms with Crippen molar-refractivity contribution in [1.82, 2.24) is 0 Å². The van der Waals surface area contributed by atoms with Gasteiger partial charge in [-0.05, 0) is 49.4 Å². The van der Waals surface area contributed by atoms with Gasteiger partial charge in [0.1, 0.15) is 0 Å². The number of hydrogen-bond donors (Lipinski definition) is 1. The highest BCUT2D eigenvalue weighted by atomic mass is 16.3. The number of allylic oxidation sites excluding steroid dienone is 2. The summed E-state index contributed by atoms with van der Waals surface area (Å²) in [6.45, 7) is 9.14. The molecule has 0 aliphatic heterocycles. The molecule has 0 radical (unpaired) electrons. The lowest BCUT2D eigenvalue weighted by Gasteiger charge is -2.41. The Balaban J connectivity index is 2.12. The van der Waals surface area contributed by atoms with Gasteiger partial charge in [-0.25, -0.2) is 0 Å². The maximum atomic E-state index is 10.8. The summed E-state index contributed by atoms with van der Waals surface area (Å²) in [6, 6.07) is 0. The lowest BCUT2D eigenvalue weighted by atomic mass is 9.65. The van der Waals surface area contributed by atoms with E-state index >= 15 is 0 Å². The minimum absolute atomic E-state index is 0.110. The van der Waals surface area contributed by atoms with Crippen molar-refractivity contribution in [3.05, 3.63) is 11.6 Å². The molecule has 16 heavy (non-hydrogen) atoms. The summed E-state index contributed by atoms with van der Waals surface area (Å²) in [6.07, 6.45) is 6.15. The molecule has 90 valence electrons. The zero-order valence-electron chi connectivity index (χ0n) is 11.0. The predicted octanol–water partition coefficient (Wildman–Crippen LogP) is 3.39. The zero-order valence-corrected chi connectivity index (χ0v) is 11.0. The molecule has 5 atom stereocenters. The Bertz CT molecular complexity index is 354. The maximum Gasteiger partial charge on any atom is 0.0661 e. The molecule has 0 saturated heterocycles. The van der Waals surface area contributed by atoms with Crippen molar-refractivity contribution < 1.29 is 5.11 Å². The molecule has 1 N–H and O–H groups in total. The average Bonchev–Trinajstić information content (AvgIpc) is 2.71. The van der Waals surface area contributed by atoms with Crippen LogP contribution in [-0.4, -0.2) is 11.2 Å². The summed E-state index contributed by atoms with van der Waals surface area (Å²) >= 11 is 0. The largest absolute Gasteiger partial charge is 0.392 e. The molecular weight excluding hydrogens is 196 g/mol. The fourth-order valence-corrected chi connectivity index (χ4v) is 5.34. The van der Waals surface area contributed by atoms with Crippen LogP contribution < -0.4 is 0 Å². The standard InChI is InChI=1S/C15H24O/c1-9-7-11-8-14(3,4)13(16)15(11)10(2)5-6-12(9)15/h7,10-13,16H,5-6,8H2,1-4H3/t10-,11-,12+,13-,15+/m1/s1. The van der Waals surface area contributed by atoms with Crippen LogP contribution in [-0.2, 0) is 0 Å². The molecule has 0 aromatic carbocycles. The second kappa shape index (κ2) is 2.93. The van der Waals surface area contributed by atoms with Crippen molar-refractivity contribution in [3.63, 3.8) is 0 Å². The van der Waals surface area contributed by atoms with Crippen molar-refractivity contribution >= 4 is 0 Å². The van der Waals surface area contributed by atoms with Gasteiger partial charge in [0.25, 0.3) is 0 Å². The molecule has 3 aliphatic carbocycles. The minimum atomic E-state index is -0.110. The van der Waals surface area contributed by atoms with Gasteiger partial charge in [0.15, 0.2) is 0 Å². The van der Waals surface area contributed by atoms with E-state index in [0.717, 1.165) is 0 Å². The van der Waals surface area contributed by atoms with Crippen molar-refractivity contribution in [2.24, 2.45) is 28.6 Å². The predicted molar refractivity (Wildman–Crippen MR) is 66.0 cm³/mol. The normalized spacial score (nSPS) is 53.7. The van der Waals surface area contributed by atoms with E-state index in [-0.39, 0.29) is 16.9 Å². The van der Waals surface area contributed by atoms with E-state index in [0.29, 0.717) is 17.8 Å². The Morgan fingerprint density at radius 1 is 1.31 bits per heavy atom. The second-order valence-electron chi connectivity index (χ2n) is 7.14. The molecule has 0 unspecified atom stereocenters. The van der Waals surface area contributed by atoms with Crippen LogP contribution in [0.3, 0.4) is 0 Å². The Morgan fingerprint density at radius 2 is 2.00 bits per heavy atom. The van der Waals surface area contributed by atoms with Crippen LogP contribution in [0.4, 0.5) is 0 Å². The van der Waals surface area contributed by atoms with Gasteiger partial charge in [0, 0.05) is 5.41 Å². The van der Waals surface area contributed by atoms with Crippen LogP contribution in [0.2, 0.25) is 0 Å². The van der Waals surface area contributed by atoms with E-state index < -0.39 is 0 Å². The van der Waals surface area contributed by atoms with E-state index in [1.54, 1.807) is 5.57 Å². The highest BCUT2D eigenvalue weighted by Crippen LogP contribution is 2.69. The molecular formula is C15H24O. The van der Waals surface area contributed by atoms with Crippen LogP contribution in [0.15, 0.2) is 11.6 Å². The zero-order chi connectivity index (χ0) is 11.7. The van der Waals surface area contributed by atoms with E-state index in [1.807, 2.05) is 0 Å². The summed E-state index contributed by atoms with van der Waals surface area (Å²) in [5.74, 6) is 2.00. The lowest BCUT2D eigenvalue weighted by molar-refractivity contribution is -0.0481. The average molecular weight is 220 g/mol. The Labute approximate surface area is 98.9 Å². The molecule has 0 aromatic rings. The van der Waals surface area contributed by atoms with Crippen LogP contribution in [0.1, 0.15) is 47.0 Å². The van der Waals surface area contributed by atoms with Crippen LogP contribution >= 0.6 is 0 Å². The fourth-order valence-electron chi connectivity index (χ4n) is 5.34. The molecule has 1 spiro atoms. The van der Waals surface area contributed by atoms with E-state index in [4.69, 9.17) is 0 Å². The molecule has 1 nitrogen and oxygen atoms in total. The number of aliphatic hydroxyl groups is 1. The Morgan fingerprint density at radius 3 is 2.69 bits per heavy atom. The van der Waals surface area contributed by atoms with Crippen LogP contribution in [0.25, 0.3) is 0 Å². The third kappa shape index (κ3) is 0.971. The van der Waals surface area contributed by atoms with Gasteiger partial charge >= 0.3 is 0 Å². The van der Waals surface area contributed by atoms with Gasteiger partial charge in [-0.3, -0.25) is 0 Å². The van der Waals surface area contributed by atoms with Gasteiger partial charge in [0.05, 0.1) is 6.10 Å². The van der Waals surface area contributed by atoms with Crippen molar-refractivity contribution in [1.29, 1.82) is 0 Å². The summed E-state index contributed by atoms with van der Waals surface area (Å²) in [5.41, 5.74) is 1.87. The van der Waals surface area contributed by atoms with Crippen molar-refractivity contribution in [2.45, 2.75) is 53.1 Å². The molecule has 0 amide bonds. The Hall–Kier alpha value is -0.300. The van der Waals surface area contributed by atoms with E-state index in [9.17, 15) is 5.11 Å². The molecule has 0 heterocycles. The van der Waals surface area contributed by atoms with Crippen molar-refractivity contribution in [2.75, 3.05) is 0 Å². The Kier molecular flexibility index (Phi) is 1.98. The molecule has 0 bridgehead atoms. The van der Waals surface area contributed by atoms with E-state index in [1.165, 1.54) is 19.3 Å². The second-order valence-corrected chi connectivity index (χ2v) is 7.14. The highest BCUT2D eigenvalue weighted by molar-refractivity contribution is 5.31. The van der Waals surface area contributed by atoms with Gasteiger partial charge in [0.2, 0.25) is 0 Å². The van der Waals surface area contributed by atoms with Gasteiger partial charge in [-0.1, -0.05) is 32.4 Å². The van der Waals surface area contributed by atoms with Gasteiger partial charge in [-0.2, -0.15) is 0 Å². The van der Waals surface area contributed by atoms with Gasteiger partial charge in [-0.15, -0.1) is 0 Å². The van der Waals surface area contributed by atoms with Gasteiger partial charge < -0.3 is 5.11 Å². The number of aliphatic hydroxyl groups excluding tert-OH is 1. The van der Waals surface area contributed by atoms with Crippen LogP contribution in [0.5, 0.6) is 0 Å². The summed E-state index contributed by atoms with van der Waals surface area (Å²) in [5, 5.41) is 10.8. The topological polar surface area (TPSA) is 20.2 Å². The first-order valence-corrected chi connectivity index (χ1v) is 6.77. The van der Waals surface area contributed by atoms with Crippen molar-refractivity contribution in [3.8, 4) is 0 Å². The van der Waals surface area contributed by atoms with E-state index in [2.05, 4.69) is 33.8 Å². The third-order valence-electron chi connectivity index (χ3n) is 5.96. The van der Waals surface area contributed by atoms with Crippen LogP contribution in [0, 0.1) is 28.6 Å². The first-order chi connectivity index (χ1) is 7.40. The summed E-state index contributed by atoms with van der Waals surface area (Å²) in [7, 11) is 0. The SMILES string of the molecule is CC1=C[C@@H]2CC(C)(C)[C@@H](O)[C@@]23[C@H](C)CC[C@@H]13. The monoisotopic (exact) mass is 220 g/mol.